The Labute approximate surface area is 107 Å². The van der Waals surface area contributed by atoms with Gasteiger partial charge in [0.1, 0.15) is 5.41 Å². The third kappa shape index (κ3) is 1.59. The Balaban J connectivity index is 2.59. The van der Waals surface area contributed by atoms with Crippen LogP contribution in [0, 0.1) is 0 Å². The summed E-state index contributed by atoms with van der Waals surface area (Å²) in [6.07, 6.45) is 3.81. The van der Waals surface area contributed by atoms with Crippen molar-refractivity contribution in [2.45, 2.75) is 11.8 Å². The molecule has 1 heterocycles. The van der Waals surface area contributed by atoms with Crippen molar-refractivity contribution in [3.05, 3.63) is 55.1 Å². The maximum absolute atomic E-state index is 12.6. The molecule has 3 heteroatoms. The van der Waals surface area contributed by atoms with Crippen molar-refractivity contribution in [1.29, 1.82) is 0 Å². The Bertz CT molecular complexity index is 495. The van der Waals surface area contributed by atoms with E-state index in [1.165, 1.54) is 0 Å². The van der Waals surface area contributed by atoms with Gasteiger partial charge in [0.25, 0.3) is 0 Å². The standard InChI is InChI=1S/C15H17NO2/c1-3-9-15(11-17)12-7-5-6-8-13(12)16(10-4-2)14(15)18/h3-8,17H,1-2,9-11H2. The first-order chi connectivity index (χ1) is 8.71. The van der Waals surface area contributed by atoms with E-state index in [2.05, 4.69) is 13.2 Å². The van der Waals surface area contributed by atoms with E-state index in [4.69, 9.17) is 0 Å². The molecule has 1 aromatic rings. The number of carbonyl (C=O) groups excluding carboxylic acids is 1. The van der Waals surface area contributed by atoms with E-state index < -0.39 is 5.41 Å². The molecule has 2 rings (SSSR count). The van der Waals surface area contributed by atoms with E-state index in [0.29, 0.717) is 13.0 Å². The molecule has 0 fully saturated rings. The van der Waals surface area contributed by atoms with Crippen molar-refractivity contribution >= 4 is 11.6 Å². The van der Waals surface area contributed by atoms with Gasteiger partial charge in [0.2, 0.25) is 5.91 Å². The smallest absolute Gasteiger partial charge is 0.240 e. The highest BCUT2D eigenvalue weighted by atomic mass is 16.3. The fourth-order valence-electron chi connectivity index (χ4n) is 2.57. The molecule has 1 unspecified atom stereocenters. The lowest BCUT2D eigenvalue weighted by atomic mass is 9.79. The van der Waals surface area contributed by atoms with Gasteiger partial charge in [0, 0.05) is 12.2 Å². The Kier molecular flexibility index (Phi) is 3.34. The number of aliphatic hydroxyl groups is 1. The fourth-order valence-corrected chi connectivity index (χ4v) is 2.57. The maximum atomic E-state index is 12.6. The minimum Gasteiger partial charge on any atom is -0.395 e. The number of benzene rings is 1. The van der Waals surface area contributed by atoms with Gasteiger partial charge < -0.3 is 10.0 Å². The summed E-state index contributed by atoms with van der Waals surface area (Å²) in [7, 11) is 0. The first kappa shape index (κ1) is 12.6. The lowest BCUT2D eigenvalue weighted by Crippen LogP contribution is -2.42. The van der Waals surface area contributed by atoms with E-state index in [0.717, 1.165) is 11.3 Å². The highest BCUT2D eigenvalue weighted by Gasteiger charge is 2.49. The third-order valence-electron chi connectivity index (χ3n) is 3.44. The average molecular weight is 243 g/mol. The molecule has 0 aromatic heterocycles. The molecule has 0 saturated heterocycles. The highest BCUT2D eigenvalue weighted by Crippen LogP contribution is 2.43. The largest absolute Gasteiger partial charge is 0.395 e. The number of carbonyl (C=O) groups is 1. The summed E-state index contributed by atoms with van der Waals surface area (Å²) in [5.41, 5.74) is 0.860. The van der Waals surface area contributed by atoms with E-state index in [9.17, 15) is 9.90 Å². The van der Waals surface area contributed by atoms with E-state index in [-0.39, 0.29) is 12.5 Å². The normalized spacial score (nSPS) is 21.8. The Morgan fingerprint density at radius 2 is 2.00 bits per heavy atom. The second kappa shape index (κ2) is 4.78. The van der Waals surface area contributed by atoms with Crippen LogP contribution in [0.3, 0.4) is 0 Å². The van der Waals surface area contributed by atoms with Crippen molar-refractivity contribution in [2.75, 3.05) is 18.1 Å². The molecule has 18 heavy (non-hydrogen) atoms. The van der Waals surface area contributed by atoms with Crippen LogP contribution in [0.15, 0.2) is 49.6 Å². The van der Waals surface area contributed by atoms with E-state index in [1.807, 2.05) is 24.3 Å². The van der Waals surface area contributed by atoms with Gasteiger partial charge in [-0.1, -0.05) is 30.4 Å². The van der Waals surface area contributed by atoms with Crippen molar-refractivity contribution in [3.8, 4) is 0 Å². The summed E-state index contributed by atoms with van der Waals surface area (Å²) in [5, 5.41) is 9.73. The molecule has 1 aliphatic rings. The van der Waals surface area contributed by atoms with Gasteiger partial charge in [-0.25, -0.2) is 0 Å². The second-order valence-corrected chi connectivity index (χ2v) is 4.45. The molecule has 0 saturated carbocycles. The molecule has 0 radical (unpaired) electrons. The number of amides is 1. The number of nitrogens with zero attached hydrogens (tertiary/aromatic N) is 1. The number of allylic oxidation sites excluding steroid dienone is 1. The van der Waals surface area contributed by atoms with Crippen molar-refractivity contribution < 1.29 is 9.90 Å². The maximum Gasteiger partial charge on any atom is 0.240 e. The van der Waals surface area contributed by atoms with Crippen LogP contribution in [0.5, 0.6) is 0 Å². The predicted octanol–water partition coefficient (Wildman–Crippen LogP) is 2.03. The predicted molar refractivity (Wildman–Crippen MR) is 72.6 cm³/mol. The van der Waals surface area contributed by atoms with Crippen LogP contribution in [0.4, 0.5) is 5.69 Å². The van der Waals surface area contributed by atoms with Crippen LogP contribution < -0.4 is 4.90 Å². The SMILES string of the molecule is C=CCN1C(=O)C(CO)(CC=C)c2ccccc21. The third-order valence-corrected chi connectivity index (χ3v) is 3.44. The van der Waals surface area contributed by atoms with Gasteiger partial charge in [-0.2, -0.15) is 0 Å². The minimum absolute atomic E-state index is 0.0778. The van der Waals surface area contributed by atoms with E-state index >= 15 is 0 Å². The first-order valence-electron chi connectivity index (χ1n) is 5.95. The van der Waals surface area contributed by atoms with Crippen LogP contribution >= 0.6 is 0 Å². The van der Waals surface area contributed by atoms with E-state index in [1.54, 1.807) is 17.1 Å². The highest BCUT2D eigenvalue weighted by molar-refractivity contribution is 6.08. The first-order valence-corrected chi connectivity index (χ1v) is 5.95. The average Bonchev–Trinajstić information content (AvgIpc) is 2.63. The summed E-state index contributed by atoms with van der Waals surface area (Å²) in [6.45, 7) is 7.62. The summed E-state index contributed by atoms with van der Waals surface area (Å²) in [6, 6.07) is 7.58. The molecule has 94 valence electrons. The number of anilines is 1. The Morgan fingerprint density at radius 3 is 2.61 bits per heavy atom. The van der Waals surface area contributed by atoms with Crippen LogP contribution in [0.25, 0.3) is 0 Å². The van der Waals surface area contributed by atoms with Gasteiger partial charge in [-0.3, -0.25) is 4.79 Å². The molecule has 1 aromatic carbocycles. The van der Waals surface area contributed by atoms with Crippen LogP contribution in [0.2, 0.25) is 0 Å². The summed E-state index contributed by atoms with van der Waals surface area (Å²) in [5.74, 6) is -0.0778. The molecule has 0 spiro atoms. The monoisotopic (exact) mass is 243 g/mol. The number of hydrogen-bond donors (Lipinski definition) is 1. The van der Waals surface area contributed by atoms with Crippen molar-refractivity contribution in [1.82, 2.24) is 0 Å². The van der Waals surface area contributed by atoms with Gasteiger partial charge in [0.05, 0.1) is 6.61 Å². The molecule has 0 aliphatic carbocycles. The van der Waals surface area contributed by atoms with Crippen molar-refractivity contribution in [2.24, 2.45) is 0 Å². The zero-order valence-electron chi connectivity index (χ0n) is 10.3. The number of fused-ring (bicyclic) bond motifs is 1. The number of aliphatic hydroxyl groups excluding tert-OH is 1. The molecule has 3 nitrogen and oxygen atoms in total. The number of rotatable bonds is 5. The summed E-state index contributed by atoms with van der Waals surface area (Å²) in [4.78, 5) is 14.2. The zero-order chi connectivity index (χ0) is 13.2. The molecule has 1 aliphatic heterocycles. The quantitative estimate of drug-likeness (QED) is 0.804. The van der Waals surface area contributed by atoms with Crippen LogP contribution in [-0.4, -0.2) is 24.2 Å². The molecule has 1 N–H and O–H groups in total. The summed E-state index contributed by atoms with van der Waals surface area (Å²) >= 11 is 0. The minimum atomic E-state index is -0.874. The lowest BCUT2D eigenvalue weighted by Gasteiger charge is -2.24. The van der Waals surface area contributed by atoms with Gasteiger partial charge >= 0.3 is 0 Å². The Hall–Kier alpha value is -1.87. The molecular weight excluding hydrogens is 226 g/mol. The molecular formula is C15H17NO2. The fraction of sp³-hybridized carbons (Fsp3) is 0.267. The van der Waals surface area contributed by atoms with Crippen molar-refractivity contribution in [3.63, 3.8) is 0 Å². The molecule has 1 atom stereocenters. The number of para-hydroxylation sites is 1. The van der Waals surface area contributed by atoms with Crippen LogP contribution in [-0.2, 0) is 10.2 Å². The van der Waals surface area contributed by atoms with Gasteiger partial charge in [-0.05, 0) is 18.1 Å². The van der Waals surface area contributed by atoms with Gasteiger partial charge in [0.15, 0.2) is 0 Å². The number of hydrogen-bond acceptors (Lipinski definition) is 2. The Morgan fingerprint density at radius 1 is 1.28 bits per heavy atom. The van der Waals surface area contributed by atoms with Crippen LogP contribution in [0.1, 0.15) is 12.0 Å². The molecule has 1 amide bonds. The second-order valence-electron chi connectivity index (χ2n) is 4.45. The molecule has 0 bridgehead atoms. The topological polar surface area (TPSA) is 40.5 Å². The zero-order valence-corrected chi connectivity index (χ0v) is 10.3. The lowest BCUT2D eigenvalue weighted by molar-refractivity contribution is -0.124. The van der Waals surface area contributed by atoms with Gasteiger partial charge in [-0.15, -0.1) is 13.2 Å². The summed E-state index contributed by atoms with van der Waals surface area (Å²) < 4.78 is 0.